The molecule has 96 valence electrons. The fraction of sp³-hybridized carbons (Fsp3) is 0.385. The number of ether oxygens (including phenoxy) is 1. The molecule has 0 spiro atoms. The molecule has 1 atom stereocenters. The molecule has 1 N–H and O–H groups in total. The number of nitrogens with zero attached hydrogens (tertiary/aromatic N) is 3. The number of benzene rings is 1. The molecule has 5 heteroatoms. The summed E-state index contributed by atoms with van der Waals surface area (Å²) < 4.78 is 6.89. The van der Waals surface area contributed by atoms with Crippen molar-refractivity contribution in [3.63, 3.8) is 0 Å². The Hall–Kier alpha value is -1.88. The number of hydrogen-bond donors (Lipinski definition) is 1. The fourth-order valence-electron chi connectivity index (χ4n) is 2.01. The monoisotopic (exact) mass is 247 g/mol. The fourth-order valence-corrected chi connectivity index (χ4v) is 2.01. The summed E-state index contributed by atoms with van der Waals surface area (Å²) in [5.74, 6) is 0.673. The van der Waals surface area contributed by atoms with Crippen LogP contribution in [-0.4, -0.2) is 27.2 Å². The Bertz CT molecular complexity index is 535. The predicted octanol–water partition coefficient (Wildman–Crippen LogP) is 1.27. The minimum atomic E-state index is -1.04. The van der Waals surface area contributed by atoms with Crippen LogP contribution in [0.15, 0.2) is 30.5 Å². The molecular weight excluding hydrogens is 230 g/mol. The zero-order valence-corrected chi connectivity index (χ0v) is 10.8. The molecule has 2 aromatic rings. The van der Waals surface area contributed by atoms with Crippen LogP contribution in [0.3, 0.4) is 0 Å². The minimum absolute atomic E-state index is 0.390. The van der Waals surface area contributed by atoms with Crippen molar-refractivity contribution in [3.8, 4) is 5.75 Å². The number of aromatic nitrogens is 3. The molecule has 1 heterocycles. The normalized spacial score (nSPS) is 14.2. The number of methoxy groups -OCH3 is 1. The summed E-state index contributed by atoms with van der Waals surface area (Å²) in [6.45, 7) is 1.75. The zero-order chi connectivity index (χ0) is 13.2. The molecule has 0 amide bonds. The maximum atomic E-state index is 10.6. The van der Waals surface area contributed by atoms with Gasteiger partial charge in [-0.15, -0.1) is 5.10 Å². The lowest BCUT2D eigenvalue weighted by atomic mass is 9.90. The first kappa shape index (κ1) is 12.6. The van der Waals surface area contributed by atoms with Crippen molar-refractivity contribution < 1.29 is 9.84 Å². The van der Waals surface area contributed by atoms with E-state index in [1.807, 2.05) is 24.3 Å². The molecule has 0 radical (unpaired) electrons. The quantitative estimate of drug-likeness (QED) is 0.884. The number of aryl methyl sites for hydroxylation is 1. The number of para-hydroxylation sites is 1. The summed E-state index contributed by atoms with van der Waals surface area (Å²) in [5.41, 5.74) is 0.453. The molecule has 0 saturated heterocycles. The highest BCUT2D eigenvalue weighted by Gasteiger charge is 2.28. The SMILES string of the molecule is COc1ccccc1C(C)(O)Cc1cn(C)nn1. The van der Waals surface area contributed by atoms with E-state index in [2.05, 4.69) is 10.3 Å². The molecule has 1 aromatic heterocycles. The third-order valence-corrected chi connectivity index (χ3v) is 2.86. The second kappa shape index (κ2) is 4.78. The van der Waals surface area contributed by atoms with E-state index in [1.165, 1.54) is 0 Å². The Kier molecular flexibility index (Phi) is 3.34. The van der Waals surface area contributed by atoms with Crippen LogP contribution in [0.4, 0.5) is 0 Å². The van der Waals surface area contributed by atoms with Gasteiger partial charge in [-0.25, -0.2) is 0 Å². The van der Waals surface area contributed by atoms with Crippen molar-refractivity contribution in [1.82, 2.24) is 15.0 Å². The van der Waals surface area contributed by atoms with Gasteiger partial charge in [0.25, 0.3) is 0 Å². The smallest absolute Gasteiger partial charge is 0.124 e. The lowest BCUT2D eigenvalue weighted by Crippen LogP contribution is -2.25. The van der Waals surface area contributed by atoms with Crippen LogP contribution in [0.1, 0.15) is 18.2 Å². The standard InChI is InChI=1S/C13H17N3O2/c1-13(17,8-10-9-16(2)15-14-10)11-6-4-5-7-12(11)18-3/h4-7,9,17H,8H2,1-3H3. The van der Waals surface area contributed by atoms with E-state index in [1.54, 1.807) is 32.0 Å². The van der Waals surface area contributed by atoms with Crippen molar-refractivity contribution >= 4 is 0 Å². The molecule has 0 aliphatic rings. The summed E-state index contributed by atoms with van der Waals surface area (Å²) >= 11 is 0. The number of hydrogen-bond acceptors (Lipinski definition) is 4. The van der Waals surface area contributed by atoms with Crippen molar-refractivity contribution in [2.45, 2.75) is 18.9 Å². The van der Waals surface area contributed by atoms with E-state index in [9.17, 15) is 5.11 Å². The third kappa shape index (κ3) is 2.51. The van der Waals surface area contributed by atoms with Crippen molar-refractivity contribution in [2.24, 2.45) is 7.05 Å². The third-order valence-electron chi connectivity index (χ3n) is 2.86. The lowest BCUT2D eigenvalue weighted by Gasteiger charge is -2.24. The molecule has 18 heavy (non-hydrogen) atoms. The highest BCUT2D eigenvalue weighted by atomic mass is 16.5. The van der Waals surface area contributed by atoms with Crippen LogP contribution in [0.2, 0.25) is 0 Å². The van der Waals surface area contributed by atoms with Gasteiger partial charge in [0.15, 0.2) is 0 Å². The Morgan fingerprint density at radius 3 is 2.72 bits per heavy atom. The zero-order valence-electron chi connectivity index (χ0n) is 10.8. The summed E-state index contributed by atoms with van der Waals surface area (Å²) in [6.07, 6.45) is 2.19. The molecule has 0 fully saturated rings. The van der Waals surface area contributed by atoms with Gasteiger partial charge in [-0.1, -0.05) is 23.4 Å². The highest BCUT2D eigenvalue weighted by Crippen LogP contribution is 2.31. The molecular formula is C13H17N3O2. The van der Waals surface area contributed by atoms with E-state index in [0.29, 0.717) is 12.2 Å². The van der Waals surface area contributed by atoms with Crippen LogP contribution >= 0.6 is 0 Å². The van der Waals surface area contributed by atoms with Crippen LogP contribution < -0.4 is 4.74 Å². The van der Waals surface area contributed by atoms with Crippen molar-refractivity contribution in [3.05, 3.63) is 41.7 Å². The van der Waals surface area contributed by atoms with Gasteiger partial charge in [0.1, 0.15) is 5.75 Å². The first-order valence-corrected chi connectivity index (χ1v) is 5.74. The Labute approximate surface area is 106 Å². The second-order valence-electron chi connectivity index (χ2n) is 4.53. The maximum Gasteiger partial charge on any atom is 0.124 e. The summed E-state index contributed by atoms with van der Waals surface area (Å²) in [4.78, 5) is 0. The summed E-state index contributed by atoms with van der Waals surface area (Å²) in [5, 5.41) is 18.5. The molecule has 0 aliphatic heterocycles. The molecule has 5 nitrogen and oxygen atoms in total. The molecule has 0 saturated carbocycles. The second-order valence-corrected chi connectivity index (χ2v) is 4.53. The first-order chi connectivity index (χ1) is 8.53. The maximum absolute atomic E-state index is 10.6. The largest absolute Gasteiger partial charge is 0.496 e. The Balaban J connectivity index is 2.29. The van der Waals surface area contributed by atoms with Crippen LogP contribution in [-0.2, 0) is 19.1 Å². The van der Waals surface area contributed by atoms with Gasteiger partial charge in [0.2, 0.25) is 0 Å². The van der Waals surface area contributed by atoms with Gasteiger partial charge in [-0.2, -0.15) is 0 Å². The lowest BCUT2D eigenvalue weighted by molar-refractivity contribution is 0.0539. The van der Waals surface area contributed by atoms with E-state index in [0.717, 1.165) is 11.3 Å². The van der Waals surface area contributed by atoms with Crippen LogP contribution in [0.25, 0.3) is 0 Å². The Morgan fingerprint density at radius 2 is 2.11 bits per heavy atom. The Morgan fingerprint density at radius 1 is 1.39 bits per heavy atom. The molecule has 0 aliphatic carbocycles. The van der Waals surface area contributed by atoms with Crippen molar-refractivity contribution in [1.29, 1.82) is 0 Å². The first-order valence-electron chi connectivity index (χ1n) is 5.74. The summed E-state index contributed by atoms with van der Waals surface area (Å²) in [7, 11) is 3.39. The van der Waals surface area contributed by atoms with E-state index in [4.69, 9.17) is 4.74 Å². The van der Waals surface area contributed by atoms with Crippen molar-refractivity contribution in [2.75, 3.05) is 7.11 Å². The van der Waals surface area contributed by atoms with Crippen LogP contribution in [0.5, 0.6) is 5.75 Å². The van der Waals surface area contributed by atoms with Gasteiger partial charge in [0, 0.05) is 25.2 Å². The summed E-state index contributed by atoms with van der Waals surface area (Å²) in [6, 6.07) is 7.44. The van der Waals surface area contributed by atoms with Gasteiger partial charge in [-0.3, -0.25) is 4.68 Å². The average molecular weight is 247 g/mol. The molecule has 1 aromatic carbocycles. The van der Waals surface area contributed by atoms with E-state index < -0.39 is 5.60 Å². The van der Waals surface area contributed by atoms with Gasteiger partial charge in [-0.05, 0) is 13.0 Å². The van der Waals surface area contributed by atoms with Gasteiger partial charge in [0.05, 0.1) is 18.4 Å². The topological polar surface area (TPSA) is 60.2 Å². The number of rotatable bonds is 4. The highest BCUT2D eigenvalue weighted by molar-refractivity contribution is 5.38. The van der Waals surface area contributed by atoms with E-state index >= 15 is 0 Å². The van der Waals surface area contributed by atoms with E-state index in [-0.39, 0.29) is 0 Å². The number of aliphatic hydroxyl groups is 1. The van der Waals surface area contributed by atoms with Gasteiger partial charge >= 0.3 is 0 Å². The predicted molar refractivity (Wildman–Crippen MR) is 67.3 cm³/mol. The molecule has 1 unspecified atom stereocenters. The molecule has 0 bridgehead atoms. The minimum Gasteiger partial charge on any atom is -0.496 e. The van der Waals surface area contributed by atoms with Gasteiger partial charge < -0.3 is 9.84 Å². The van der Waals surface area contributed by atoms with Crippen LogP contribution in [0, 0.1) is 0 Å². The molecule has 2 rings (SSSR count). The average Bonchev–Trinajstić information content (AvgIpc) is 2.74.